The summed E-state index contributed by atoms with van der Waals surface area (Å²) in [5.74, 6) is 0.698. The normalized spacial score (nSPS) is 10.0. The van der Waals surface area contributed by atoms with Gasteiger partial charge in [-0.05, 0) is 42.5 Å². The minimum absolute atomic E-state index is 0.0778. The van der Waals surface area contributed by atoms with Crippen LogP contribution in [0.5, 0.6) is 5.75 Å². The summed E-state index contributed by atoms with van der Waals surface area (Å²) in [5, 5.41) is 3.22. The molecule has 0 saturated carbocycles. The predicted octanol–water partition coefficient (Wildman–Crippen LogP) is 2.72. The van der Waals surface area contributed by atoms with Crippen molar-refractivity contribution in [1.82, 2.24) is 4.90 Å². The van der Waals surface area contributed by atoms with Crippen LogP contribution in [-0.2, 0) is 0 Å². The number of hydrogen-bond donors (Lipinski definition) is 2. The number of nitrogens with two attached hydrogens (primary N) is 1. The molecule has 110 valence electrons. The Hall–Kier alpha value is -2.69. The Morgan fingerprint density at radius 2 is 1.81 bits per heavy atom. The van der Waals surface area contributed by atoms with Crippen LogP contribution in [0.15, 0.2) is 42.5 Å². The molecule has 0 saturated heterocycles. The number of rotatable bonds is 4. The smallest absolute Gasteiger partial charge is 0.255 e. The highest BCUT2D eigenvalue weighted by Crippen LogP contribution is 2.25. The Morgan fingerprint density at radius 1 is 1.14 bits per heavy atom. The second kappa shape index (κ2) is 6.17. The lowest BCUT2D eigenvalue weighted by Gasteiger charge is -2.16. The molecule has 3 N–H and O–H groups in total. The molecule has 21 heavy (non-hydrogen) atoms. The number of nitrogens with one attached hydrogen (secondary N) is 1. The number of methoxy groups -OCH3 is 1. The summed E-state index contributed by atoms with van der Waals surface area (Å²) in [6.07, 6.45) is 0. The lowest BCUT2D eigenvalue weighted by molar-refractivity contribution is 0.0828. The summed E-state index contributed by atoms with van der Waals surface area (Å²) in [4.78, 5) is 13.7. The summed E-state index contributed by atoms with van der Waals surface area (Å²) >= 11 is 0. The molecule has 0 aliphatic heterocycles. The van der Waals surface area contributed by atoms with Crippen LogP contribution in [0.25, 0.3) is 0 Å². The summed E-state index contributed by atoms with van der Waals surface area (Å²) in [6, 6.07) is 12.7. The average molecular weight is 285 g/mol. The molecule has 0 aliphatic rings. The van der Waals surface area contributed by atoms with Gasteiger partial charge in [0, 0.05) is 25.5 Å². The number of amides is 1. The van der Waals surface area contributed by atoms with Gasteiger partial charge >= 0.3 is 0 Å². The largest absolute Gasteiger partial charge is 0.497 e. The van der Waals surface area contributed by atoms with Crippen LogP contribution >= 0.6 is 0 Å². The maximum absolute atomic E-state index is 12.2. The molecule has 2 aromatic rings. The van der Waals surface area contributed by atoms with Crippen molar-refractivity contribution in [3.05, 3.63) is 48.0 Å². The van der Waals surface area contributed by atoms with Crippen molar-refractivity contribution in [1.29, 1.82) is 0 Å². The van der Waals surface area contributed by atoms with Gasteiger partial charge in [0.2, 0.25) is 0 Å². The summed E-state index contributed by atoms with van der Waals surface area (Å²) in [6.45, 7) is 0. The van der Waals surface area contributed by atoms with Crippen LogP contribution < -0.4 is 15.8 Å². The van der Waals surface area contributed by atoms with Gasteiger partial charge in [-0.25, -0.2) is 0 Å². The molecule has 5 heteroatoms. The Bertz CT molecular complexity index is 636. The van der Waals surface area contributed by atoms with Gasteiger partial charge in [0.15, 0.2) is 0 Å². The third kappa shape index (κ3) is 3.45. The maximum atomic E-state index is 12.2. The molecular formula is C16H19N3O2. The zero-order chi connectivity index (χ0) is 15.4. The number of benzene rings is 2. The molecule has 5 nitrogen and oxygen atoms in total. The molecule has 0 radical (unpaired) electrons. The van der Waals surface area contributed by atoms with Gasteiger partial charge < -0.3 is 20.7 Å². The third-order valence-corrected chi connectivity index (χ3v) is 3.05. The predicted molar refractivity (Wildman–Crippen MR) is 85.1 cm³/mol. The first-order chi connectivity index (χ1) is 10.0. The molecule has 0 bridgehead atoms. The van der Waals surface area contributed by atoms with Crippen LogP contribution in [0.4, 0.5) is 17.1 Å². The van der Waals surface area contributed by atoms with Crippen molar-refractivity contribution in [3.63, 3.8) is 0 Å². The number of anilines is 3. The molecule has 2 rings (SSSR count). The highest BCUT2D eigenvalue weighted by atomic mass is 16.5. The van der Waals surface area contributed by atoms with Gasteiger partial charge in [-0.15, -0.1) is 0 Å². The van der Waals surface area contributed by atoms with Gasteiger partial charge in [-0.3, -0.25) is 4.79 Å². The van der Waals surface area contributed by atoms with Crippen molar-refractivity contribution in [3.8, 4) is 5.75 Å². The molecule has 0 atom stereocenters. The van der Waals surface area contributed by atoms with E-state index in [4.69, 9.17) is 10.5 Å². The zero-order valence-corrected chi connectivity index (χ0v) is 12.4. The van der Waals surface area contributed by atoms with E-state index in [2.05, 4.69) is 5.32 Å². The summed E-state index contributed by atoms with van der Waals surface area (Å²) in [5.41, 5.74) is 8.53. The Labute approximate surface area is 124 Å². The molecule has 1 amide bonds. The molecule has 0 spiro atoms. The van der Waals surface area contributed by atoms with Gasteiger partial charge in [-0.2, -0.15) is 0 Å². The zero-order valence-electron chi connectivity index (χ0n) is 12.4. The Morgan fingerprint density at radius 3 is 2.38 bits per heavy atom. The number of nitrogens with zero attached hydrogens (tertiary/aromatic N) is 1. The number of hydrogen-bond acceptors (Lipinski definition) is 4. The van der Waals surface area contributed by atoms with Gasteiger partial charge in [-0.1, -0.05) is 0 Å². The summed E-state index contributed by atoms with van der Waals surface area (Å²) < 4.78 is 5.12. The van der Waals surface area contributed by atoms with E-state index in [9.17, 15) is 4.79 Å². The van der Waals surface area contributed by atoms with Crippen molar-refractivity contribution in [2.24, 2.45) is 0 Å². The molecule has 0 heterocycles. The first-order valence-electron chi connectivity index (χ1n) is 6.53. The van der Waals surface area contributed by atoms with Crippen molar-refractivity contribution < 1.29 is 9.53 Å². The minimum atomic E-state index is -0.0778. The fourth-order valence-corrected chi connectivity index (χ4v) is 1.92. The van der Waals surface area contributed by atoms with Crippen molar-refractivity contribution in [2.45, 2.75) is 0 Å². The number of carbonyl (C=O) groups excluding carboxylic acids is 1. The van der Waals surface area contributed by atoms with Gasteiger partial charge in [0.25, 0.3) is 5.91 Å². The quantitative estimate of drug-likeness (QED) is 0.848. The topological polar surface area (TPSA) is 67.6 Å². The standard InChI is InChI=1S/C16H19N3O2/c1-19(2)16(20)14-9-4-11(17)10-15(14)18-12-5-7-13(21-3)8-6-12/h4-10,18H,17H2,1-3H3. The van der Waals surface area contributed by atoms with Crippen molar-refractivity contribution >= 4 is 23.0 Å². The van der Waals surface area contributed by atoms with Gasteiger partial charge in [0.1, 0.15) is 5.75 Å². The third-order valence-electron chi connectivity index (χ3n) is 3.05. The number of carbonyl (C=O) groups is 1. The first-order valence-corrected chi connectivity index (χ1v) is 6.53. The van der Waals surface area contributed by atoms with E-state index in [0.29, 0.717) is 16.9 Å². The van der Waals surface area contributed by atoms with Crippen molar-refractivity contribution in [2.75, 3.05) is 32.3 Å². The van der Waals surface area contributed by atoms with Gasteiger partial charge in [0.05, 0.1) is 18.4 Å². The van der Waals surface area contributed by atoms with E-state index in [-0.39, 0.29) is 5.91 Å². The second-order valence-corrected chi connectivity index (χ2v) is 4.86. The fraction of sp³-hybridized carbons (Fsp3) is 0.188. The lowest BCUT2D eigenvalue weighted by Crippen LogP contribution is -2.22. The monoisotopic (exact) mass is 285 g/mol. The van der Waals surface area contributed by atoms with E-state index < -0.39 is 0 Å². The Balaban J connectivity index is 2.33. The SMILES string of the molecule is COc1ccc(Nc2cc(N)ccc2C(=O)N(C)C)cc1. The molecule has 0 unspecified atom stereocenters. The maximum Gasteiger partial charge on any atom is 0.255 e. The first kappa shape index (κ1) is 14.7. The highest BCUT2D eigenvalue weighted by molar-refractivity contribution is 6.00. The van der Waals surface area contributed by atoms with E-state index in [1.807, 2.05) is 24.3 Å². The fourth-order valence-electron chi connectivity index (χ4n) is 1.92. The lowest BCUT2D eigenvalue weighted by atomic mass is 10.1. The minimum Gasteiger partial charge on any atom is -0.497 e. The molecule has 0 aliphatic carbocycles. The van der Waals surface area contributed by atoms with Crippen LogP contribution in [0.1, 0.15) is 10.4 Å². The molecular weight excluding hydrogens is 266 g/mol. The average Bonchev–Trinajstić information content (AvgIpc) is 2.47. The Kier molecular flexibility index (Phi) is 4.33. The number of ether oxygens (including phenoxy) is 1. The molecule has 0 aromatic heterocycles. The molecule has 0 fully saturated rings. The van der Waals surface area contributed by atoms with E-state index >= 15 is 0 Å². The van der Waals surface area contributed by atoms with Crippen LogP contribution in [0, 0.1) is 0 Å². The van der Waals surface area contributed by atoms with Crippen LogP contribution in [0.2, 0.25) is 0 Å². The summed E-state index contributed by atoms with van der Waals surface area (Å²) in [7, 11) is 5.06. The number of nitrogen functional groups attached to an aromatic ring is 1. The van der Waals surface area contributed by atoms with Crippen LogP contribution in [0.3, 0.4) is 0 Å². The van der Waals surface area contributed by atoms with E-state index in [0.717, 1.165) is 11.4 Å². The highest BCUT2D eigenvalue weighted by Gasteiger charge is 2.13. The van der Waals surface area contributed by atoms with E-state index in [1.165, 1.54) is 4.90 Å². The van der Waals surface area contributed by atoms with E-state index in [1.54, 1.807) is 39.4 Å². The van der Waals surface area contributed by atoms with Crippen LogP contribution in [-0.4, -0.2) is 32.0 Å². The second-order valence-electron chi connectivity index (χ2n) is 4.86. The molecule has 2 aromatic carbocycles.